The summed E-state index contributed by atoms with van der Waals surface area (Å²) in [6.07, 6.45) is 3.91. The molecule has 1 aliphatic heterocycles. The average molecular weight is 389 g/mol. The Morgan fingerprint density at radius 3 is 2.42 bits per heavy atom. The molecule has 8 heteroatoms. The van der Waals surface area contributed by atoms with Crippen molar-refractivity contribution in [2.75, 3.05) is 13.1 Å². The largest absolute Gasteiger partial charge is 0.243 e. The first-order valence-corrected chi connectivity index (χ1v) is 10.1. The Labute approximate surface area is 157 Å². The second-order valence-electron chi connectivity index (χ2n) is 6.19. The summed E-state index contributed by atoms with van der Waals surface area (Å²) in [5.41, 5.74) is 1.87. The summed E-state index contributed by atoms with van der Waals surface area (Å²) >= 11 is 6.03. The van der Waals surface area contributed by atoms with Crippen LogP contribution in [-0.4, -0.2) is 40.8 Å². The molecule has 0 spiro atoms. The molecule has 1 atom stereocenters. The summed E-state index contributed by atoms with van der Waals surface area (Å²) in [6.45, 7) is 0.845. The zero-order valence-corrected chi connectivity index (χ0v) is 15.4. The van der Waals surface area contributed by atoms with Gasteiger partial charge in [0.1, 0.15) is 0 Å². The molecule has 2 heterocycles. The van der Waals surface area contributed by atoms with Crippen molar-refractivity contribution in [3.63, 3.8) is 0 Å². The molecule has 0 aliphatic carbocycles. The normalized spacial score (nSPS) is 18.3. The monoisotopic (exact) mass is 388 g/mol. The highest BCUT2D eigenvalue weighted by Gasteiger charge is 2.34. The van der Waals surface area contributed by atoms with Gasteiger partial charge in [0.05, 0.1) is 23.3 Å². The van der Waals surface area contributed by atoms with Crippen LogP contribution in [0.15, 0.2) is 65.8 Å². The van der Waals surface area contributed by atoms with Gasteiger partial charge in [-0.25, -0.2) is 8.42 Å². The quantitative estimate of drug-likeness (QED) is 0.688. The summed E-state index contributed by atoms with van der Waals surface area (Å²) in [6, 6.07) is 14.4. The molecule has 0 bridgehead atoms. The maximum absolute atomic E-state index is 12.9. The molecule has 4 rings (SSSR count). The molecule has 1 unspecified atom stereocenters. The number of hydrogen-bond acceptors (Lipinski definition) is 4. The van der Waals surface area contributed by atoms with E-state index >= 15 is 0 Å². The molecule has 1 aliphatic rings. The van der Waals surface area contributed by atoms with Gasteiger partial charge in [-0.05, 0) is 41.8 Å². The number of benzene rings is 2. The van der Waals surface area contributed by atoms with E-state index in [-0.39, 0.29) is 10.9 Å². The Kier molecular flexibility index (Phi) is 4.52. The Bertz CT molecular complexity index is 1000. The fraction of sp³-hybridized carbons (Fsp3) is 0.222. The van der Waals surface area contributed by atoms with Gasteiger partial charge in [-0.15, -0.1) is 0 Å². The predicted octanol–water partition coefficient (Wildman–Crippen LogP) is 3.23. The topological polar surface area (TPSA) is 68.1 Å². The average Bonchev–Trinajstić information content (AvgIpc) is 3.33. The van der Waals surface area contributed by atoms with Crippen LogP contribution >= 0.6 is 11.6 Å². The lowest BCUT2D eigenvalue weighted by atomic mass is 10.1. The predicted molar refractivity (Wildman–Crippen MR) is 99.3 cm³/mol. The SMILES string of the molecule is O=S(=O)(c1ccc(-c2cccc(Cl)c2)cc1)N1CCC(n2nccn2)C1. The van der Waals surface area contributed by atoms with E-state index in [1.807, 2.05) is 24.3 Å². The van der Waals surface area contributed by atoms with Gasteiger partial charge in [0, 0.05) is 18.1 Å². The zero-order valence-electron chi connectivity index (χ0n) is 13.9. The van der Waals surface area contributed by atoms with Crippen LogP contribution in [0.5, 0.6) is 0 Å². The van der Waals surface area contributed by atoms with Gasteiger partial charge >= 0.3 is 0 Å². The molecule has 1 saturated heterocycles. The Morgan fingerprint density at radius 2 is 1.73 bits per heavy atom. The summed E-state index contributed by atoms with van der Waals surface area (Å²) in [7, 11) is -3.53. The van der Waals surface area contributed by atoms with Gasteiger partial charge in [0.25, 0.3) is 0 Å². The van der Waals surface area contributed by atoms with Crippen molar-refractivity contribution in [3.05, 3.63) is 65.9 Å². The van der Waals surface area contributed by atoms with E-state index in [4.69, 9.17) is 11.6 Å². The first kappa shape index (κ1) is 17.2. The molecule has 0 N–H and O–H groups in total. The fourth-order valence-corrected chi connectivity index (χ4v) is 4.85. The highest BCUT2D eigenvalue weighted by atomic mass is 35.5. The molecule has 2 aromatic carbocycles. The van der Waals surface area contributed by atoms with E-state index in [1.165, 1.54) is 4.31 Å². The number of nitrogens with zero attached hydrogens (tertiary/aromatic N) is 4. The van der Waals surface area contributed by atoms with Crippen molar-refractivity contribution in [2.24, 2.45) is 0 Å². The van der Waals surface area contributed by atoms with Crippen LogP contribution < -0.4 is 0 Å². The van der Waals surface area contributed by atoms with Crippen molar-refractivity contribution in [2.45, 2.75) is 17.4 Å². The molecule has 1 fully saturated rings. The molecule has 134 valence electrons. The highest BCUT2D eigenvalue weighted by molar-refractivity contribution is 7.89. The Balaban J connectivity index is 1.55. The second kappa shape index (κ2) is 6.83. The summed E-state index contributed by atoms with van der Waals surface area (Å²) in [5.74, 6) is 0. The van der Waals surface area contributed by atoms with Gasteiger partial charge in [-0.3, -0.25) is 0 Å². The Morgan fingerprint density at radius 1 is 1.00 bits per heavy atom. The van der Waals surface area contributed by atoms with Gasteiger partial charge in [-0.2, -0.15) is 19.3 Å². The van der Waals surface area contributed by atoms with Crippen molar-refractivity contribution in [3.8, 4) is 11.1 Å². The van der Waals surface area contributed by atoms with Crippen molar-refractivity contribution < 1.29 is 8.42 Å². The molecular formula is C18H17ClN4O2S. The molecule has 6 nitrogen and oxygen atoms in total. The first-order valence-electron chi connectivity index (χ1n) is 8.26. The number of hydrogen-bond donors (Lipinski definition) is 0. The third-order valence-corrected chi connectivity index (χ3v) is 6.65. The lowest BCUT2D eigenvalue weighted by Crippen LogP contribution is -2.29. The van der Waals surface area contributed by atoms with Gasteiger partial charge in [0.15, 0.2) is 0 Å². The molecule has 3 aromatic rings. The lowest BCUT2D eigenvalue weighted by Gasteiger charge is -2.16. The van der Waals surface area contributed by atoms with Gasteiger partial charge < -0.3 is 0 Å². The molecular weight excluding hydrogens is 372 g/mol. The smallest absolute Gasteiger partial charge is 0.207 e. The standard InChI is InChI=1S/C18H17ClN4O2S/c19-16-3-1-2-15(12-16)14-4-6-18(7-5-14)26(24,25)22-11-8-17(13-22)23-20-9-10-21-23/h1-7,9-10,12,17H,8,11,13H2. The van der Waals surface area contributed by atoms with E-state index in [1.54, 1.807) is 41.5 Å². The van der Waals surface area contributed by atoms with Gasteiger partial charge in [-0.1, -0.05) is 35.9 Å². The number of halogens is 1. The summed E-state index contributed by atoms with van der Waals surface area (Å²) in [4.78, 5) is 1.87. The van der Waals surface area contributed by atoms with Crippen LogP contribution in [0, 0.1) is 0 Å². The molecule has 0 saturated carbocycles. The van der Waals surface area contributed by atoms with Crippen LogP contribution in [0.4, 0.5) is 0 Å². The first-order chi connectivity index (χ1) is 12.5. The zero-order chi connectivity index (χ0) is 18.1. The van der Waals surface area contributed by atoms with Crippen molar-refractivity contribution in [1.29, 1.82) is 0 Å². The third kappa shape index (κ3) is 3.25. The highest BCUT2D eigenvalue weighted by Crippen LogP contribution is 2.28. The van der Waals surface area contributed by atoms with Crippen molar-refractivity contribution in [1.82, 2.24) is 19.3 Å². The summed E-state index contributed by atoms with van der Waals surface area (Å²) in [5, 5.41) is 8.87. The van der Waals surface area contributed by atoms with E-state index in [0.29, 0.717) is 24.5 Å². The molecule has 0 amide bonds. The maximum atomic E-state index is 12.9. The maximum Gasteiger partial charge on any atom is 0.243 e. The minimum absolute atomic E-state index is 0.0227. The van der Waals surface area contributed by atoms with Crippen molar-refractivity contribution >= 4 is 21.6 Å². The fourth-order valence-electron chi connectivity index (χ4n) is 3.17. The molecule has 1 aromatic heterocycles. The minimum atomic E-state index is -3.53. The molecule has 26 heavy (non-hydrogen) atoms. The minimum Gasteiger partial charge on any atom is -0.207 e. The van der Waals surface area contributed by atoms with Crippen LogP contribution in [0.25, 0.3) is 11.1 Å². The van der Waals surface area contributed by atoms with Crippen LogP contribution in [0.2, 0.25) is 5.02 Å². The number of rotatable bonds is 4. The second-order valence-corrected chi connectivity index (χ2v) is 8.56. The van der Waals surface area contributed by atoms with E-state index in [9.17, 15) is 8.42 Å². The van der Waals surface area contributed by atoms with Crippen LogP contribution in [0.3, 0.4) is 0 Å². The number of aromatic nitrogens is 3. The Hall–Kier alpha value is -2.22. The number of sulfonamides is 1. The summed E-state index contributed by atoms with van der Waals surface area (Å²) < 4.78 is 27.3. The van der Waals surface area contributed by atoms with E-state index < -0.39 is 10.0 Å². The van der Waals surface area contributed by atoms with Gasteiger partial charge in [0.2, 0.25) is 10.0 Å². The lowest BCUT2D eigenvalue weighted by molar-refractivity contribution is 0.402. The molecule has 0 radical (unpaired) electrons. The van der Waals surface area contributed by atoms with E-state index in [0.717, 1.165) is 11.1 Å². The van der Waals surface area contributed by atoms with E-state index in [2.05, 4.69) is 10.2 Å². The third-order valence-electron chi connectivity index (χ3n) is 4.54. The van der Waals surface area contributed by atoms with Crippen LogP contribution in [0.1, 0.15) is 12.5 Å². The van der Waals surface area contributed by atoms with Crippen LogP contribution in [-0.2, 0) is 10.0 Å².